The molecule has 0 aliphatic carbocycles. The number of rotatable bonds is 2. The summed E-state index contributed by atoms with van der Waals surface area (Å²) in [5.41, 5.74) is 0. The molecule has 5 nitrogen and oxygen atoms in total. The molecule has 1 aliphatic rings. The minimum Gasteiger partial charge on any atom is -0.359 e. The summed E-state index contributed by atoms with van der Waals surface area (Å²) in [5.74, 6) is -1.03. The molecule has 1 heterocycles. The van der Waals surface area contributed by atoms with Gasteiger partial charge in [-0.3, -0.25) is 4.79 Å². The van der Waals surface area contributed by atoms with Crippen molar-refractivity contribution >= 4 is 11.9 Å². The number of nitrogens with one attached hydrogen (secondary N) is 2. The first-order valence-corrected chi connectivity index (χ1v) is 4.64. The van der Waals surface area contributed by atoms with E-state index in [2.05, 4.69) is 10.6 Å². The lowest BCUT2D eigenvalue weighted by atomic mass is 10.1. The molecule has 16 heavy (non-hydrogen) atoms. The largest absolute Gasteiger partial charge is 0.406 e. The van der Waals surface area contributed by atoms with Crippen LogP contribution in [0, 0.1) is 5.92 Å². The first-order chi connectivity index (χ1) is 7.33. The SMILES string of the molecule is CNC(=O)C1CNC(=O)N(CC(F)(F)F)C1. The number of alkyl halides is 3. The number of hydrogen-bond acceptors (Lipinski definition) is 2. The van der Waals surface area contributed by atoms with E-state index in [0.29, 0.717) is 4.90 Å². The van der Waals surface area contributed by atoms with Crippen molar-refractivity contribution in [1.82, 2.24) is 15.5 Å². The van der Waals surface area contributed by atoms with Gasteiger partial charge in [-0.2, -0.15) is 13.2 Å². The molecule has 0 radical (unpaired) electrons. The zero-order chi connectivity index (χ0) is 12.3. The van der Waals surface area contributed by atoms with Crippen molar-refractivity contribution in [2.24, 2.45) is 5.92 Å². The van der Waals surface area contributed by atoms with Crippen LogP contribution >= 0.6 is 0 Å². The molecule has 0 aromatic rings. The standard InChI is InChI=1S/C8H12F3N3O2/c1-12-6(15)5-2-13-7(16)14(3-5)4-8(9,10)11/h5H,2-4H2,1H3,(H,12,15)(H,13,16). The molecular weight excluding hydrogens is 227 g/mol. The van der Waals surface area contributed by atoms with Gasteiger partial charge in [-0.25, -0.2) is 4.79 Å². The third kappa shape index (κ3) is 3.28. The van der Waals surface area contributed by atoms with Crippen LogP contribution in [-0.4, -0.2) is 49.7 Å². The van der Waals surface area contributed by atoms with E-state index in [1.54, 1.807) is 0 Å². The third-order valence-electron chi connectivity index (χ3n) is 2.22. The summed E-state index contributed by atoms with van der Waals surface area (Å²) in [7, 11) is 1.40. The average Bonchev–Trinajstić information content (AvgIpc) is 2.18. The Balaban J connectivity index is 2.62. The van der Waals surface area contributed by atoms with Crippen molar-refractivity contribution in [1.29, 1.82) is 0 Å². The molecule has 0 saturated carbocycles. The molecular formula is C8H12F3N3O2. The van der Waals surface area contributed by atoms with Gasteiger partial charge < -0.3 is 15.5 Å². The molecule has 0 bridgehead atoms. The molecule has 8 heteroatoms. The quantitative estimate of drug-likeness (QED) is 0.709. The zero-order valence-electron chi connectivity index (χ0n) is 8.60. The molecule has 2 N–H and O–H groups in total. The second kappa shape index (κ2) is 4.58. The summed E-state index contributed by atoms with van der Waals surface area (Å²) < 4.78 is 36.3. The van der Waals surface area contributed by atoms with Crippen molar-refractivity contribution in [2.75, 3.05) is 26.7 Å². The van der Waals surface area contributed by atoms with Crippen LogP contribution in [0.4, 0.5) is 18.0 Å². The highest BCUT2D eigenvalue weighted by molar-refractivity contribution is 5.83. The van der Waals surface area contributed by atoms with Gasteiger partial charge >= 0.3 is 12.2 Å². The smallest absolute Gasteiger partial charge is 0.359 e. The van der Waals surface area contributed by atoms with Crippen LogP contribution in [0.25, 0.3) is 0 Å². The monoisotopic (exact) mass is 239 g/mol. The van der Waals surface area contributed by atoms with Crippen LogP contribution in [0.3, 0.4) is 0 Å². The van der Waals surface area contributed by atoms with Crippen molar-refractivity contribution in [2.45, 2.75) is 6.18 Å². The second-order valence-corrected chi connectivity index (χ2v) is 3.49. The number of carbonyl (C=O) groups excluding carboxylic acids is 2. The van der Waals surface area contributed by atoms with Crippen molar-refractivity contribution < 1.29 is 22.8 Å². The first-order valence-electron chi connectivity index (χ1n) is 4.64. The fourth-order valence-corrected chi connectivity index (χ4v) is 1.47. The maximum atomic E-state index is 12.1. The Kier molecular flexibility index (Phi) is 3.61. The van der Waals surface area contributed by atoms with E-state index >= 15 is 0 Å². The molecule has 0 aromatic heterocycles. The van der Waals surface area contributed by atoms with Crippen LogP contribution in [-0.2, 0) is 4.79 Å². The molecule has 0 spiro atoms. The van der Waals surface area contributed by atoms with Crippen molar-refractivity contribution in [3.63, 3.8) is 0 Å². The Hall–Kier alpha value is -1.47. The fraction of sp³-hybridized carbons (Fsp3) is 0.750. The summed E-state index contributed by atoms with van der Waals surface area (Å²) in [6.45, 7) is -1.50. The van der Waals surface area contributed by atoms with E-state index in [1.165, 1.54) is 7.05 Å². The fourth-order valence-electron chi connectivity index (χ4n) is 1.47. The lowest BCUT2D eigenvalue weighted by Crippen LogP contribution is -2.56. The predicted octanol–water partition coefficient (Wildman–Crippen LogP) is -0.0639. The lowest BCUT2D eigenvalue weighted by molar-refractivity contribution is -0.144. The summed E-state index contributed by atoms with van der Waals surface area (Å²) in [6, 6.07) is -0.794. The minimum atomic E-state index is -4.46. The number of urea groups is 1. The molecule has 1 saturated heterocycles. The van der Waals surface area contributed by atoms with Crippen LogP contribution in [0.2, 0.25) is 0 Å². The molecule has 3 amide bonds. The summed E-state index contributed by atoms with van der Waals surface area (Å²) in [5, 5.41) is 4.58. The van der Waals surface area contributed by atoms with Gasteiger partial charge in [-0.05, 0) is 0 Å². The number of carbonyl (C=O) groups is 2. The summed E-state index contributed by atoms with van der Waals surface area (Å²) in [6.07, 6.45) is -4.46. The second-order valence-electron chi connectivity index (χ2n) is 3.49. The summed E-state index contributed by atoms with van der Waals surface area (Å²) in [4.78, 5) is 22.9. The molecule has 1 unspecified atom stereocenters. The van der Waals surface area contributed by atoms with Crippen LogP contribution in [0.1, 0.15) is 0 Å². The predicted molar refractivity (Wildman–Crippen MR) is 48.6 cm³/mol. The first kappa shape index (κ1) is 12.6. The topological polar surface area (TPSA) is 61.4 Å². The highest BCUT2D eigenvalue weighted by atomic mass is 19.4. The van der Waals surface area contributed by atoms with Crippen LogP contribution in [0.5, 0.6) is 0 Å². The van der Waals surface area contributed by atoms with Crippen LogP contribution < -0.4 is 10.6 Å². The van der Waals surface area contributed by atoms with E-state index in [-0.39, 0.29) is 19.0 Å². The molecule has 1 rings (SSSR count). The summed E-state index contributed by atoms with van der Waals surface area (Å²) >= 11 is 0. The molecule has 92 valence electrons. The average molecular weight is 239 g/mol. The molecule has 0 aromatic carbocycles. The molecule has 1 fully saturated rings. The lowest BCUT2D eigenvalue weighted by Gasteiger charge is -2.32. The Morgan fingerprint density at radius 3 is 2.75 bits per heavy atom. The van der Waals surface area contributed by atoms with Crippen molar-refractivity contribution in [3.8, 4) is 0 Å². The van der Waals surface area contributed by atoms with E-state index in [4.69, 9.17) is 0 Å². The Bertz CT molecular complexity index is 293. The molecule has 1 atom stereocenters. The van der Waals surface area contributed by atoms with Gasteiger partial charge in [0.15, 0.2) is 0 Å². The Morgan fingerprint density at radius 1 is 1.62 bits per heavy atom. The number of hydrogen-bond donors (Lipinski definition) is 2. The van der Waals surface area contributed by atoms with E-state index in [1.807, 2.05) is 0 Å². The minimum absolute atomic E-state index is 0.0624. The van der Waals surface area contributed by atoms with Gasteiger partial charge in [0.1, 0.15) is 6.54 Å². The maximum absolute atomic E-state index is 12.1. The van der Waals surface area contributed by atoms with Gasteiger partial charge in [-0.1, -0.05) is 0 Å². The number of halogens is 3. The van der Waals surface area contributed by atoms with Crippen molar-refractivity contribution in [3.05, 3.63) is 0 Å². The van der Waals surface area contributed by atoms with Gasteiger partial charge in [0.2, 0.25) is 5.91 Å². The van der Waals surface area contributed by atoms with E-state index in [9.17, 15) is 22.8 Å². The number of amides is 3. The van der Waals surface area contributed by atoms with E-state index in [0.717, 1.165) is 0 Å². The third-order valence-corrected chi connectivity index (χ3v) is 2.22. The van der Waals surface area contributed by atoms with Crippen LogP contribution in [0.15, 0.2) is 0 Å². The Labute approximate surface area is 90.0 Å². The zero-order valence-corrected chi connectivity index (χ0v) is 8.60. The maximum Gasteiger partial charge on any atom is 0.406 e. The van der Waals surface area contributed by atoms with Gasteiger partial charge in [0.25, 0.3) is 0 Å². The Morgan fingerprint density at radius 2 is 2.25 bits per heavy atom. The highest BCUT2D eigenvalue weighted by Crippen LogP contribution is 2.18. The van der Waals surface area contributed by atoms with Gasteiger partial charge in [-0.15, -0.1) is 0 Å². The molecule has 1 aliphatic heterocycles. The normalized spacial score (nSPS) is 21.6. The number of nitrogens with zero attached hydrogens (tertiary/aromatic N) is 1. The van der Waals surface area contributed by atoms with Gasteiger partial charge in [0.05, 0.1) is 5.92 Å². The van der Waals surface area contributed by atoms with E-state index < -0.39 is 24.7 Å². The van der Waals surface area contributed by atoms with Gasteiger partial charge in [0, 0.05) is 20.1 Å². The highest BCUT2D eigenvalue weighted by Gasteiger charge is 2.37.